The summed E-state index contributed by atoms with van der Waals surface area (Å²) < 4.78 is 4.73. The number of aliphatic hydroxyl groups is 2. The van der Waals surface area contributed by atoms with Gasteiger partial charge in [0.2, 0.25) is 0 Å². The number of benzene rings is 3. The number of fused-ring (bicyclic) bond motifs is 1. The van der Waals surface area contributed by atoms with Crippen molar-refractivity contribution in [1.82, 2.24) is 15.7 Å². The van der Waals surface area contributed by atoms with Gasteiger partial charge in [-0.3, -0.25) is 24.6 Å². The number of hydrogen-bond donors (Lipinski definition) is 4. The van der Waals surface area contributed by atoms with E-state index in [0.29, 0.717) is 26.7 Å². The quantitative estimate of drug-likeness (QED) is 0.131. The van der Waals surface area contributed by atoms with Crippen LogP contribution in [0.1, 0.15) is 78.6 Å². The van der Waals surface area contributed by atoms with Crippen molar-refractivity contribution >= 4 is 35.1 Å². The Kier molecular flexibility index (Phi) is 11.1. The molecule has 1 fully saturated rings. The smallest absolute Gasteiger partial charge is 0.309 e. The molecule has 1 saturated carbocycles. The van der Waals surface area contributed by atoms with Crippen LogP contribution in [-0.2, 0) is 32.2 Å². The fourth-order valence-corrected chi connectivity index (χ4v) is 7.18. The van der Waals surface area contributed by atoms with Gasteiger partial charge in [-0.2, -0.15) is 0 Å². The molecule has 3 aromatic carbocycles. The SMILES string of the molecule is COC(=O)Cc1ccc(CONC(=O)[C@@H]2c3ccccc3C(O)N([C@H]3CCCC[C@@H]3NC(C)O)[C@H]2c2ccc(Cl)cc2Cl)cc1. The number of carbonyl (C=O) groups excluding carboxylic acids is 2. The highest BCUT2D eigenvalue weighted by Gasteiger charge is 2.49. The van der Waals surface area contributed by atoms with Gasteiger partial charge in [0.25, 0.3) is 5.91 Å². The van der Waals surface area contributed by atoms with E-state index >= 15 is 0 Å². The van der Waals surface area contributed by atoms with Gasteiger partial charge in [0.05, 0.1) is 32.1 Å². The summed E-state index contributed by atoms with van der Waals surface area (Å²) in [7, 11) is 1.35. The van der Waals surface area contributed by atoms with Crippen LogP contribution in [0.5, 0.6) is 0 Å². The first-order valence-electron chi connectivity index (χ1n) is 15.2. The number of halogens is 2. The van der Waals surface area contributed by atoms with E-state index in [9.17, 15) is 19.8 Å². The molecule has 5 rings (SSSR count). The molecule has 6 atom stereocenters. The molecule has 0 aromatic heterocycles. The lowest BCUT2D eigenvalue weighted by molar-refractivity contribution is -0.145. The lowest BCUT2D eigenvalue weighted by atomic mass is 9.76. The molecule has 3 aromatic rings. The van der Waals surface area contributed by atoms with E-state index in [2.05, 4.69) is 10.8 Å². The molecular weight excluding hydrogens is 617 g/mol. The molecule has 45 heavy (non-hydrogen) atoms. The molecule has 0 bridgehead atoms. The van der Waals surface area contributed by atoms with Crippen LogP contribution in [0.4, 0.5) is 0 Å². The van der Waals surface area contributed by atoms with Crippen molar-refractivity contribution in [1.29, 1.82) is 0 Å². The van der Waals surface area contributed by atoms with Crippen LogP contribution in [0, 0.1) is 0 Å². The molecule has 0 saturated heterocycles. The average Bonchev–Trinajstić information content (AvgIpc) is 3.02. The number of aliphatic hydroxyl groups excluding tert-OH is 2. The van der Waals surface area contributed by atoms with Gasteiger partial charge in [0, 0.05) is 22.1 Å². The summed E-state index contributed by atoms with van der Waals surface area (Å²) in [5.41, 5.74) is 6.22. The normalized spacial score (nSPS) is 24.0. The van der Waals surface area contributed by atoms with E-state index in [1.54, 1.807) is 25.1 Å². The van der Waals surface area contributed by atoms with E-state index in [0.717, 1.165) is 36.8 Å². The third-order valence-corrected chi connectivity index (χ3v) is 9.23. The van der Waals surface area contributed by atoms with Gasteiger partial charge in [-0.1, -0.05) is 90.6 Å². The summed E-state index contributed by atoms with van der Waals surface area (Å²) in [5, 5.41) is 26.4. The summed E-state index contributed by atoms with van der Waals surface area (Å²) in [6, 6.07) is 18.8. The lowest BCUT2D eigenvalue weighted by Gasteiger charge is -2.51. The molecule has 0 spiro atoms. The van der Waals surface area contributed by atoms with Crippen LogP contribution < -0.4 is 10.8 Å². The molecule has 4 N–H and O–H groups in total. The van der Waals surface area contributed by atoms with E-state index in [-0.39, 0.29) is 31.1 Å². The number of hydroxylamine groups is 1. The van der Waals surface area contributed by atoms with Gasteiger partial charge < -0.3 is 14.9 Å². The number of rotatable bonds is 10. The van der Waals surface area contributed by atoms with Crippen molar-refractivity contribution < 1.29 is 29.4 Å². The van der Waals surface area contributed by atoms with Gasteiger partial charge in [-0.05, 0) is 59.7 Å². The first kappa shape index (κ1) is 33.3. The predicted octanol–water partition coefficient (Wildman–Crippen LogP) is 5.33. The largest absolute Gasteiger partial charge is 0.469 e. The van der Waals surface area contributed by atoms with Gasteiger partial charge in [-0.15, -0.1) is 0 Å². The maximum atomic E-state index is 14.2. The van der Waals surface area contributed by atoms with E-state index < -0.39 is 30.3 Å². The molecule has 2 aliphatic rings. The van der Waals surface area contributed by atoms with E-state index in [4.69, 9.17) is 32.8 Å². The molecule has 1 heterocycles. The summed E-state index contributed by atoms with van der Waals surface area (Å²) in [5.74, 6) is -1.52. The van der Waals surface area contributed by atoms with E-state index in [1.165, 1.54) is 7.11 Å². The van der Waals surface area contributed by atoms with Gasteiger partial charge in [0.15, 0.2) is 0 Å². The molecule has 240 valence electrons. The average molecular weight is 657 g/mol. The second-order valence-electron chi connectivity index (χ2n) is 11.7. The number of ether oxygens (including phenoxy) is 1. The van der Waals surface area contributed by atoms with Crippen molar-refractivity contribution in [2.45, 2.75) is 82.1 Å². The molecule has 2 unspecified atom stereocenters. The Morgan fingerprint density at radius 1 is 0.978 bits per heavy atom. The Hall–Kier alpha value is -3.02. The second kappa shape index (κ2) is 15.0. The first-order chi connectivity index (χ1) is 21.7. The highest BCUT2D eigenvalue weighted by Crippen LogP contribution is 2.51. The van der Waals surface area contributed by atoms with Crippen molar-refractivity contribution in [3.63, 3.8) is 0 Å². The van der Waals surface area contributed by atoms with E-state index in [1.807, 2.05) is 53.4 Å². The van der Waals surface area contributed by atoms with Crippen molar-refractivity contribution in [2.75, 3.05) is 7.11 Å². The molecule has 1 aliphatic carbocycles. The standard InChI is InChI=1S/C34H39Cl2N3O6/c1-20(40)37-28-9-5-6-10-29(28)39-32(26-16-15-23(35)18-27(26)36)31(24-7-3-4-8-25(24)34(39)43)33(42)38-45-19-22-13-11-21(12-14-22)17-30(41)44-2/h3-4,7-8,11-16,18,20,28-29,31-32,34,37,40,43H,5-6,9-10,17,19H2,1-2H3,(H,38,42)/t20?,28-,29-,31+,32-,34?/m0/s1. The van der Waals surface area contributed by atoms with Crippen LogP contribution in [0.2, 0.25) is 10.0 Å². The van der Waals surface area contributed by atoms with Crippen LogP contribution >= 0.6 is 23.2 Å². The van der Waals surface area contributed by atoms with Gasteiger partial charge >= 0.3 is 5.97 Å². The summed E-state index contributed by atoms with van der Waals surface area (Å²) in [6.07, 6.45) is 1.86. The Balaban J connectivity index is 1.48. The Labute approximate surface area is 273 Å². The number of amides is 1. The number of carbonyl (C=O) groups is 2. The topological polar surface area (TPSA) is 120 Å². The Bertz CT molecular complexity index is 1490. The Morgan fingerprint density at radius 2 is 1.67 bits per heavy atom. The zero-order chi connectivity index (χ0) is 32.1. The number of methoxy groups -OCH3 is 1. The van der Waals surface area contributed by atoms with Crippen LogP contribution in [-0.4, -0.2) is 52.4 Å². The van der Waals surface area contributed by atoms with Crippen LogP contribution in [0.15, 0.2) is 66.7 Å². The number of nitrogens with one attached hydrogen (secondary N) is 2. The Morgan fingerprint density at radius 3 is 2.36 bits per heavy atom. The minimum atomic E-state index is -1.03. The summed E-state index contributed by atoms with van der Waals surface area (Å²) in [4.78, 5) is 33.5. The van der Waals surface area contributed by atoms with Crippen molar-refractivity contribution in [3.05, 3.63) is 105 Å². The molecule has 1 aliphatic heterocycles. The summed E-state index contributed by atoms with van der Waals surface area (Å²) in [6.45, 7) is 1.78. The number of nitrogens with zero attached hydrogens (tertiary/aromatic N) is 1. The molecule has 9 nitrogen and oxygen atoms in total. The molecular formula is C34H39Cl2N3O6. The minimum Gasteiger partial charge on any atom is -0.469 e. The predicted molar refractivity (Wildman–Crippen MR) is 171 cm³/mol. The third kappa shape index (κ3) is 7.69. The number of hydrogen-bond acceptors (Lipinski definition) is 8. The number of esters is 1. The third-order valence-electron chi connectivity index (χ3n) is 8.67. The highest BCUT2D eigenvalue weighted by atomic mass is 35.5. The maximum Gasteiger partial charge on any atom is 0.309 e. The highest BCUT2D eigenvalue weighted by molar-refractivity contribution is 6.35. The minimum absolute atomic E-state index is 0.0975. The zero-order valence-corrected chi connectivity index (χ0v) is 26.8. The van der Waals surface area contributed by atoms with Crippen LogP contribution in [0.25, 0.3) is 0 Å². The van der Waals surface area contributed by atoms with Crippen molar-refractivity contribution in [2.24, 2.45) is 0 Å². The lowest BCUT2D eigenvalue weighted by Crippen LogP contribution is -2.58. The van der Waals surface area contributed by atoms with Gasteiger partial charge in [-0.25, -0.2) is 5.48 Å². The fraction of sp³-hybridized carbons (Fsp3) is 0.412. The maximum absolute atomic E-state index is 14.2. The zero-order valence-electron chi connectivity index (χ0n) is 25.3. The fourth-order valence-electron chi connectivity index (χ4n) is 6.66. The van der Waals surface area contributed by atoms with Crippen LogP contribution in [0.3, 0.4) is 0 Å². The monoisotopic (exact) mass is 655 g/mol. The molecule has 11 heteroatoms. The van der Waals surface area contributed by atoms with Gasteiger partial charge in [0.1, 0.15) is 12.5 Å². The van der Waals surface area contributed by atoms with Crippen molar-refractivity contribution in [3.8, 4) is 0 Å². The summed E-state index contributed by atoms with van der Waals surface area (Å²) >= 11 is 13.1. The first-order valence-corrected chi connectivity index (χ1v) is 15.9. The molecule has 1 amide bonds. The second-order valence-corrected chi connectivity index (χ2v) is 12.5. The molecule has 0 radical (unpaired) electrons.